The fourth-order valence-electron chi connectivity index (χ4n) is 13.6. The van der Waals surface area contributed by atoms with E-state index < -0.39 is 0 Å². The van der Waals surface area contributed by atoms with E-state index in [0.29, 0.717) is 11.8 Å². The van der Waals surface area contributed by atoms with Gasteiger partial charge in [0, 0.05) is 46.8 Å². The quantitative estimate of drug-likeness (QED) is 0.121. The zero-order valence-corrected chi connectivity index (χ0v) is 58.3. The molecule has 0 saturated carbocycles. The highest BCUT2D eigenvalue weighted by molar-refractivity contribution is 6.09. The second-order valence-electron chi connectivity index (χ2n) is 26.2. The molecule has 0 N–H and O–H groups in total. The van der Waals surface area contributed by atoms with Gasteiger partial charge < -0.3 is 4.42 Å². The first-order chi connectivity index (χ1) is 45.7. The third-order valence-electron chi connectivity index (χ3n) is 18.8. The number of hydrogen-bond acceptors (Lipinski definition) is 4. The molecule has 14 rings (SSSR count). The Bertz CT molecular complexity index is 5080. The molecule has 0 aliphatic heterocycles. The molecule has 0 saturated heterocycles. The van der Waals surface area contributed by atoms with Crippen molar-refractivity contribution in [1.82, 2.24) is 29.3 Å². The normalized spacial score (nSPS) is 11.4. The molecular weight excluding hydrogens is 1160 g/mol. The monoisotopic (exact) mass is 1250 g/mol. The molecule has 0 amide bonds. The van der Waals surface area contributed by atoms with E-state index in [2.05, 4.69) is 346 Å². The highest BCUT2D eigenvalue weighted by Crippen LogP contribution is 2.41. The Labute approximate surface area is 560 Å². The van der Waals surface area contributed by atoms with Crippen LogP contribution in [0, 0.1) is 69.2 Å². The van der Waals surface area contributed by atoms with Crippen molar-refractivity contribution < 1.29 is 18.1 Å². The third-order valence-corrected chi connectivity index (χ3v) is 18.8. The third kappa shape index (κ3) is 12.4. The lowest BCUT2D eigenvalue weighted by molar-refractivity contribution is -0.667. The number of hydrogen-bond donors (Lipinski definition) is 0. The van der Waals surface area contributed by atoms with Gasteiger partial charge in [0.1, 0.15) is 28.2 Å². The van der Waals surface area contributed by atoms with Crippen LogP contribution in [-0.2, 0) is 21.1 Å². The summed E-state index contributed by atoms with van der Waals surface area (Å²) < 4.78 is 19.4. The molecule has 4 aromatic heterocycles. The number of para-hydroxylation sites is 1. The van der Waals surface area contributed by atoms with Crippen molar-refractivity contribution >= 4 is 21.9 Å². The highest BCUT2D eigenvalue weighted by Gasteiger charge is 2.34. The summed E-state index contributed by atoms with van der Waals surface area (Å²) in [6.45, 7) is 30.5. The molecule has 10 nitrogen and oxygen atoms in total. The maximum Gasteiger partial charge on any atom is 0.277 e. The van der Waals surface area contributed by atoms with E-state index >= 15 is 0 Å². The van der Waals surface area contributed by atoms with Gasteiger partial charge in [-0.25, -0.2) is 13.7 Å². The average molecular weight is 1250 g/mol. The van der Waals surface area contributed by atoms with Crippen molar-refractivity contribution in [3.05, 3.63) is 280 Å². The average Bonchev–Trinajstić information content (AvgIpc) is 1.61. The lowest BCUT2D eigenvalue weighted by atomic mass is 9.88. The Kier molecular flexibility index (Phi) is 18.2. The predicted octanol–water partition coefficient (Wildman–Crippen LogP) is 19.3. The molecule has 14 aromatic rings. The molecule has 0 bridgehead atoms. The van der Waals surface area contributed by atoms with Crippen LogP contribution in [0.1, 0.15) is 107 Å². The van der Waals surface area contributed by atoms with E-state index in [4.69, 9.17) is 19.7 Å². The second kappa shape index (κ2) is 26.8. The molecule has 95 heavy (non-hydrogen) atoms. The van der Waals surface area contributed by atoms with Crippen molar-refractivity contribution in [2.24, 2.45) is 21.1 Å². The van der Waals surface area contributed by atoms with E-state index in [1.165, 1.54) is 94.7 Å². The molecular formula is C85H88N9O+3. The maximum atomic E-state index is 6.46. The number of aromatic nitrogens is 9. The van der Waals surface area contributed by atoms with Gasteiger partial charge in [0.15, 0.2) is 0 Å². The molecule has 10 aromatic carbocycles. The van der Waals surface area contributed by atoms with Crippen LogP contribution in [0.3, 0.4) is 0 Å². The summed E-state index contributed by atoms with van der Waals surface area (Å²) in [5, 5.41) is 17.2. The predicted molar refractivity (Wildman–Crippen MR) is 390 cm³/mol. The summed E-state index contributed by atoms with van der Waals surface area (Å²) >= 11 is 0. The Hall–Kier alpha value is -10.6. The fourth-order valence-corrected chi connectivity index (χ4v) is 13.6. The second-order valence-corrected chi connectivity index (χ2v) is 26.2. The van der Waals surface area contributed by atoms with E-state index in [-0.39, 0.29) is 0 Å². The van der Waals surface area contributed by atoms with E-state index in [1.54, 1.807) is 0 Å². The van der Waals surface area contributed by atoms with Crippen LogP contribution < -0.4 is 13.7 Å². The first-order valence-electron chi connectivity index (χ1n) is 33.2. The van der Waals surface area contributed by atoms with Crippen LogP contribution in [-0.4, -0.2) is 29.3 Å². The van der Waals surface area contributed by atoms with Crippen molar-refractivity contribution in [1.29, 1.82) is 0 Å². The fraction of sp³-hybridized carbons (Fsp3) is 0.224. The number of benzene rings is 10. The van der Waals surface area contributed by atoms with Gasteiger partial charge in [-0.3, -0.25) is 0 Å². The SMILES string of the molecule is Cc1cc(-c2ccccc2)cc(C)c1-n1nc(C)[n+](C)c1-c1c(C)ccc2c1oc1ccccc12.Cc1ccccc1-c1n(-c2c(C(C)C)cc(-c3ccccc3)cc2C(C)C)nc(C)[n+]1C.Cc1ccccc1-c1n(-c2c(C)cc(-c3ccccc3)cc2C)nc(C)[n+]1C. The Morgan fingerprint density at radius 1 is 0.316 bits per heavy atom. The molecule has 0 aliphatic carbocycles. The lowest BCUT2D eigenvalue weighted by Crippen LogP contribution is -2.33. The zero-order chi connectivity index (χ0) is 67.1. The number of fused-ring (bicyclic) bond motifs is 3. The largest absolute Gasteiger partial charge is 0.455 e. The smallest absolute Gasteiger partial charge is 0.277 e. The molecule has 0 fully saturated rings. The van der Waals surface area contributed by atoms with Crippen molar-refractivity contribution in [3.8, 4) is 84.6 Å². The van der Waals surface area contributed by atoms with Gasteiger partial charge in [-0.05, 0) is 198 Å². The summed E-state index contributed by atoms with van der Waals surface area (Å²) in [6, 6.07) is 75.2. The van der Waals surface area contributed by atoms with Crippen molar-refractivity contribution in [2.45, 2.75) is 109 Å². The Morgan fingerprint density at radius 2 is 0.663 bits per heavy atom. The van der Waals surface area contributed by atoms with Gasteiger partial charge in [0.2, 0.25) is 0 Å². The van der Waals surface area contributed by atoms with E-state index in [0.717, 1.165) is 79.4 Å². The van der Waals surface area contributed by atoms with Crippen LogP contribution in [0.15, 0.2) is 217 Å². The summed E-state index contributed by atoms with van der Waals surface area (Å²) in [4.78, 5) is 0. The van der Waals surface area contributed by atoms with Gasteiger partial charge in [0.05, 0.1) is 37.8 Å². The summed E-state index contributed by atoms with van der Waals surface area (Å²) in [7, 11) is 6.28. The number of aryl methyl sites for hydroxylation is 10. The van der Waals surface area contributed by atoms with Gasteiger partial charge in [-0.1, -0.05) is 199 Å². The van der Waals surface area contributed by atoms with Crippen molar-refractivity contribution in [3.63, 3.8) is 0 Å². The van der Waals surface area contributed by atoms with Gasteiger partial charge >= 0.3 is 0 Å². The van der Waals surface area contributed by atoms with Crippen molar-refractivity contribution in [2.75, 3.05) is 0 Å². The van der Waals surface area contributed by atoms with E-state index in [9.17, 15) is 0 Å². The van der Waals surface area contributed by atoms with Crippen LogP contribution >= 0.6 is 0 Å². The number of rotatable bonds is 11. The summed E-state index contributed by atoms with van der Waals surface area (Å²) in [5.41, 5.74) is 27.3. The summed E-state index contributed by atoms with van der Waals surface area (Å²) in [6.07, 6.45) is 0. The Morgan fingerprint density at radius 3 is 1.07 bits per heavy atom. The molecule has 0 atom stereocenters. The number of nitrogens with zero attached hydrogens (tertiary/aromatic N) is 9. The Balaban J connectivity index is 0.000000137. The molecule has 0 aliphatic rings. The molecule has 0 unspecified atom stereocenters. The lowest BCUT2D eigenvalue weighted by Gasteiger charge is -2.19. The van der Waals surface area contributed by atoms with Gasteiger partial charge in [0.25, 0.3) is 34.9 Å². The van der Waals surface area contributed by atoms with Crippen LogP contribution in [0.25, 0.3) is 107 Å². The zero-order valence-electron chi connectivity index (χ0n) is 58.3. The van der Waals surface area contributed by atoms with Gasteiger partial charge in [-0.2, -0.15) is 0 Å². The summed E-state index contributed by atoms with van der Waals surface area (Å²) in [5.74, 6) is 6.91. The van der Waals surface area contributed by atoms with Gasteiger partial charge in [-0.15, -0.1) is 0 Å². The van der Waals surface area contributed by atoms with Crippen LogP contribution in [0.5, 0.6) is 0 Å². The highest BCUT2D eigenvalue weighted by atomic mass is 16.3. The van der Waals surface area contributed by atoms with E-state index in [1.807, 2.05) is 12.1 Å². The van der Waals surface area contributed by atoms with Crippen LogP contribution in [0.4, 0.5) is 0 Å². The molecule has 0 spiro atoms. The molecule has 10 heteroatoms. The molecule has 4 heterocycles. The topological polar surface area (TPSA) is 78.2 Å². The first kappa shape index (κ1) is 64.5. The standard InChI is InChI=1S/C31H28N3O.C29H34N3.C25H26N3/c1-19-15-16-26-25-13-9-10-14-27(25)35-30(26)28(19)31-33(5)22(4)32-34(31)29-20(2)17-24(18-21(29)3)23-11-7-6-8-12-23;1-19(2)26-17-24(23-14-9-8-10-15-23)18-27(20(3)4)28(26)32-29(31(7)22(6)30-32)25-16-12-11-13-21(25)5;1-17-11-9-10-14-23(17)25-27(5)20(4)26-28(25)24-18(2)15-22(16-19(24)3)21-12-7-6-8-13-21/h6-18H,1-5H3;8-20H,1-7H3;6-16H,1-5H3/q3*+1. The minimum atomic E-state index is 0.366. The minimum absolute atomic E-state index is 0.366. The number of furan rings is 1. The molecule has 0 radical (unpaired) electrons. The maximum absolute atomic E-state index is 6.46. The first-order valence-corrected chi connectivity index (χ1v) is 33.2. The van der Waals surface area contributed by atoms with Crippen LogP contribution in [0.2, 0.25) is 0 Å². The minimum Gasteiger partial charge on any atom is -0.455 e. The molecule has 476 valence electrons.